The SMILES string of the molecule is NC(=O)c1cccnc1N1CCN(CCSc2ccccc2)CC1. The molecule has 0 saturated carbocycles. The summed E-state index contributed by atoms with van der Waals surface area (Å²) in [5.74, 6) is 1.38. The molecule has 1 aromatic heterocycles. The molecule has 1 fully saturated rings. The van der Waals surface area contributed by atoms with Crippen LogP contribution >= 0.6 is 11.8 Å². The molecule has 0 atom stereocenters. The molecule has 3 rings (SSSR count). The summed E-state index contributed by atoms with van der Waals surface area (Å²) in [5.41, 5.74) is 5.96. The van der Waals surface area contributed by atoms with Gasteiger partial charge in [0.25, 0.3) is 5.91 Å². The number of primary amides is 1. The van der Waals surface area contributed by atoms with E-state index in [9.17, 15) is 4.79 Å². The van der Waals surface area contributed by atoms with E-state index in [-0.39, 0.29) is 0 Å². The molecule has 6 heteroatoms. The van der Waals surface area contributed by atoms with Crippen LogP contribution in [0.2, 0.25) is 0 Å². The number of carbonyl (C=O) groups excluding carboxylic acids is 1. The zero-order chi connectivity index (χ0) is 16.8. The summed E-state index contributed by atoms with van der Waals surface area (Å²) < 4.78 is 0. The third-order valence-electron chi connectivity index (χ3n) is 4.14. The third-order valence-corrected chi connectivity index (χ3v) is 5.14. The van der Waals surface area contributed by atoms with Crippen molar-refractivity contribution in [3.63, 3.8) is 0 Å². The topological polar surface area (TPSA) is 62.5 Å². The van der Waals surface area contributed by atoms with Crippen LogP contribution in [0.15, 0.2) is 53.6 Å². The molecule has 2 N–H and O–H groups in total. The van der Waals surface area contributed by atoms with Crippen LogP contribution in [0.4, 0.5) is 5.82 Å². The van der Waals surface area contributed by atoms with Crippen LogP contribution in [-0.2, 0) is 0 Å². The molecule has 1 aromatic carbocycles. The van der Waals surface area contributed by atoms with Gasteiger partial charge in [-0.15, -0.1) is 11.8 Å². The predicted molar refractivity (Wildman–Crippen MR) is 98.6 cm³/mol. The highest BCUT2D eigenvalue weighted by atomic mass is 32.2. The standard InChI is InChI=1S/C18H22N4OS/c19-17(23)16-7-4-8-20-18(16)22-11-9-21(10-12-22)13-14-24-15-5-2-1-3-6-15/h1-8H,9-14H2,(H2,19,23). The van der Waals surface area contributed by atoms with Gasteiger partial charge in [0, 0.05) is 49.6 Å². The highest BCUT2D eigenvalue weighted by molar-refractivity contribution is 7.99. The van der Waals surface area contributed by atoms with Gasteiger partial charge in [-0.1, -0.05) is 18.2 Å². The van der Waals surface area contributed by atoms with Crippen molar-refractivity contribution < 1.29 is 4.79 Å². The fraction of sp³-hybridized carbons (Fsp3) is 0.333. The number of nitrogens with zero attached hydrogens (tertiary/aromatic N) is 3. The monoisotopic (exact) mass is 342 g/mol. The molecular formula is C18H22N4OS. The second-order valence-electron chi connectivity index (χ2n) is 5.73. The lowest BCUT2D eigenvalue weighted by Crippen LogP contribution is -2.47. The largest absolute Gasteiger partial charge is 0.365 e. The molecule has 0 spiro atoms. The van der Waals surface area contributed by atoms with Crippen LogP contribution in [0.5, 0.6) is 0 Å². The minimum Gasteiger partial charge on any atom is -0.365 e. The van der Waals surface area contributed by atoms with Crippen LogP contribution in [0, 0.1) is 0 Å². The number of piperazine rings is 1. The number of rotatable bonds is 6. The van der Waals surface area contributed by atoms with Crippen molar-refractivity contribution in [2.75, 3.05) is 43.4 Å². The third kappa shape index (κ3) is 4.27. The molecule has 1 amide bonds. The average molecular weight is 342 g/mol. The lowest BCUT2D eigenvalue weighted by atomic mass is 10.2. The number of amides is 1. The van der Waals surface area contributed by atoms with Crippen molar-refractivity contribution >= 4 is 23.5 Å². The van der Waals surface area contributed by atoms with Gasteiger partial charge < -0.3 is 10.6 Å². The lowest BCUT2D eigenvalue weighted by Gasteiger charge is -2.35. The van der Waals surface area contributed by atoms with E-state index in [0.29, 0.717) is 11.4 Å². The first kappa shape index (κ1) is 16.8. The second-order valence-corrected chi connectivity index (χ2v) is 6.90. The van der Waals surface area contributed by atoms with Crippen LogP contribution < -0.4 is 10.6 Å². The molecule has 1 aliphatic rings. The molecule has 126 valence electrons. The number of benzene rings is 1. The molecule has 2 aromatic rings. The molecule has 24 heavy (non-hydrogen) atoms. The zero-order valence-electron chi connectivity index (χ0n) is 13.6. The summed E-state index contributed by atoms with van der Waals surface area (Å²) in [4.78, 5) is 21.8. The van der Waals surface area contributed by atoms with E-state index in [2.05, 4.69) is 39.0 Å². The Morgan fingerprint density at radius 1 is 1.08 bits per heavy atom. The van der Waals surface area contributed by atoms with Crippen LogP contribution in [0.25, 0.3) is 0 Å². The number of pyridine rings is 1. The van der Waals surface area contributed by atoms with E-state index >= 15 is 0 Å². The first-order valence-electron chi connectivity index (χ1n) is 8.14. The predicted octanol–water partition coefficient (Wildman–Crippen LogP) is 2.09. The first-order valence-corrected chi connectivity index (χ1v) is 9.12. The average Bonchev–Trinajstić information content (AvgIpc) is 2.63. The van der Waals surface area contributed by atoms with Gasteiger partial charge in [-0.2, -0.15) is 0 Å². The maximum Gasteiger partial charge on any atom is 0.252 e. The Labute approximate surface area is 146 Å². The van der Waals surface area contributed by atoms with Gasteiger partial charge in [0.05, 0.1) is 5.56 Å². The Bertz CT molecular complexity index is 672. The normalized spacial score (nSPS) is 15.4. The summed E-state index contributed by atoms with van der Waals surface area (Å²) >= 11 is 1.89. The maximum atomic E-state index is 11.5. The molecule has 1 aliphatic heterocycles. The Morgan fingerprint density at radius 3 is 2.54 bits per heavy atom. The number of thioether (sulfide) groups is 1. The number of carbonyl (C=O) groups is 1. The van der Waals surface area contributed by atoms with Crippen LogP contribution in [-0.4, -0.2) is 54.3 Å². The molecule has 0 bridgehead atoms. The highest BCUT2D eigenvalue weighted by Crippen LogP contribution is 2.20. The van der Waals surface area contributed by atoms with Crippen molar-refractivity contribution in [1.29, 1.82) is 0 Å². The van der Waals surface area contributed by atoms with Gasteiger partial charge in [-0.25, -0.2) is 4.98 Å². The van der Waals surface area contributed by atoms with E-state index in [4.69, 9.17) is 5.73 Å². The van der Waals surface area contributed by atoms with Crippen molar-refractivity contribution in [1.82, 2.24) is 9.88 Å². The van der Waals surface area contributed by atoms with Crippen LogP contribution in [0.3, 0.4) is 0 Å². The van der Waals surface area contributed by atoms with Gasteiger partial charge in [-0.3, -0.25) is 9.69 Å². The summed E-state index contributed by atoms with van der Waals surface area (Å²) in [7, 11) is 0. The Kier molecular flexibility index (Phi) is 5.72. The smallest absolute Gasteiger partial charge is 0.252 e. The van der Waals surface area contributed by atoms with Gasteiger partial charge in [0.15, 0.2) is 0 Å². The van der Waals surface area contributed by atoms with Crippen molar-refractivity contribution in [3.8, 4) is 0 Å². The summed E-state index contributed by atoms with van der Waals surface area (Å²) in [6.07, 6.45) is 1.71. The fourth-order valence-corrected chi connectivity index (χ4v) is 3.77. The molecule has 2 heterocycles. The van der Waals surface area contributed by atoms with Gasteiger partial charge in [-0.05, 0) is 24.3 Å². The zero-order valence-corrected chi connectivity index (χ0v) is 14.4. The van der Waals surface area contributed by atoms with E-state index in [1.165, 1.54) is 4.90 Å². The summed E-state index contributed by atoms with van der Waals surface area (Å²) in [6, 6.07) is 14.0. The molecule has 0 radical (unpaired) electrons. The molecule has 0 unspecified atom stereocenters. The minimum absolute atomic E-state index is 0.417. The number of aromatic nitrogens is 1. The van der Waals surface area contributed by atoms with E-state index in [1.54, 1.807) is 18.3 Å². The Morgan fingerprint density at radius 2 is 1.83 bits per heavy atom. The molecular weight excluding hydrogens is 320 g/mol. The Hall–Kier alpha value is -2.05. The number of anilines is 1. The number of hydrogen-bond acceptors (Lipinski definition) is 5. The van der Waals surface area contributed by atoms with Gasteiger partial charge >= 0.3 is 0 Å². The first-order chi connectivity index (χ1) is 11.7. The van der Waals surface area contributed by atoms with Crippen molar-refractivity contribution in [2.24, 2.45) is 5.73 Å². The number of nitrogens with two attached hydrogens (primary N) is 1. The summed E-state index contributed by atoms with van der Waals surface area (Å²) in [6.45, 7) is 4.76. The van der Waals surface area contributed by atoms with Crippen molar-refractivity contribution in [3.05, 3.63) is 54.2 Å². The lowest BCUT2D eigenvalue weighted by molar-refractivity contribution is 0.1000. The van der Waals surface area contributed by atoms with Gasteiger partial charge in [0.1, 0.15) is 5.82 Å². The van der Waals surface area contributed by atoms with E-state index in [0.717, 1.165) is 38.5 Å². The minimum atomic E-state index is -0.417. The Balaban J connectivity index is 1.48. The quantitative estimate of drug-likeness (QED) is 0.815. The fourth-order valence-electron chi connectivity index (χ4n) is 2.83. The van der Waals surface area contributed by atoms with Crippen molar-refractivity contribution in [2.45, 2.75) is 4.90 Å². The maximum absolute atomic E-state index is 11.5. The summed E-state index contributed by atoms with van der Waals surface area (Å²) in [5, 5.41) is 0. The van der Waals surface area contributed by atoms with E-state index in [1.807, 2.05) is 17.8 Å². The molecule has 1 saturated heterocycles. The highest BCUT2D eigenvalue weighted by Gasteiger charge is 2.21. The second kappa shape index (κ2) is 8.17. The van der Waals surface area contributed by atoms with Gasteiger partial charge in [0.2, 0.25) is 0 Å². The molecule has 0 aliphatic carbocycles. The van der Waals surface area contributed by atoms with Crippen LogP contribution in [0.1, 0.15) is 10.4 Å². The number of hydrogen-bond donors (Lipinski definition) is 1. The molecule has 5 nitrogen and oxygen atoms in total. The van der Waals surface area contributed by atoms with E-state index < -0.39 is 5.91 Å².